The van der Waals surface area contributed by atoms with Gasteiger partial charge >= 0.3 is 0 Å². The fourth-order valence-corrected chi connectivity index (χ4v) is 1.99. The Hall–Kier alpha value is -2.43. The van der Waals surface area contributed by atoms with Crippen molar-refractivity contribution < 1.29 is 19.0 Å². The molecule has 0 saturated carbocycles. The molecule has 0 aromatic heterocycles. The fraction of sp³-hybridized carbons (Fsp3) is 0.250. The summed E-state index contributed by atoms with van der Waals surface area (Å²) in [4.78, 5) is 0. The lowest BCUT2D eigenvalue weighted by atomic mass is 10.2. The third-order valence-electron chi connectivity index (χ3n) is 2.90. The van der Waals surface area contributed by atoms with Gasteiger partial charge in [-0.3, -0.25) is 0 Å². The van der Waals surface area contributed by atoms with Crippen LogP contribution in [0.4, 0.5) is 10.1 Å². The molecular weight excluding hydrogens is 273 g/mol. The molecule has 0 heterocycles. The van der Waals surface area contributed by atoms with Crippen LogP contribution < -0.4 is 14.8 Å². The lowest BCUT2D eigenvalue weighted by Crippen LogP contribution is -2.01. The zero-order valence-corrected chi connectivity index (χ0v) is 12.0. The number of aromatic hydroxyl groups is 1. The molecule has 0 bridgehead atoms. The molecule has 21 heavy (non-hydrogen) atoms. The first kappa shape index (κ1) is 15.0. The van der Waals surface area contributed by atoms with E-state index in [0.717, 1.165) is 11.8 Å². The Kier molecular flexibility index (Phi) is 4.87. The summed E-state index contributed by atoms with van der Waals surface area (Å²) < 4.78 is 23.9. The second-order valence-corrected chi connectivity index (χ2v) is 4.47. The molecular formula is C16H18FNO3. The van der Waals surface area contributed by atoms with Crippen LogP contribution in [-0.2, 0) is 6.54 Å². The highest BCUT2D eigenvalue weighted by Gasteiger charge is 2.06. The summed E-state index contributed by atoms with van der Waals surface area (Å²) in [5.74, 6) is 0.756. The van der Waals surface area contributed by atoms with Crippen molar-refractivity contribution in [1.29, 1.82) is 0 Å². The minimum Gasteiger partial charge on any atom is -0.508 e. The average Bonchev–Trinajstić information content (AvgIpc) is 2.45. The average molecular weight is 291 g/mol. The molecule has 5 heteroatoms. The van der Waals surface area contributed by atoms with E-state index in [1.165, 1.54) is 12.1 Å². The standard InChI is InChI=1S/C16H18FNO3/c1-3-21-16-9-13(4-5-15(16)20-2)18-10-11-6-12(17)8-14(19)7-11/h4-9,18-19H,3,10H2,1-2H3. The predicted octanol–water partition coefficient (Wildman–Crippen LogP) is 3.55. The fourth-order valence-electron chi connectivity index (χ4n) is 1.99. The van der Waals surface area contributed by atoms with Crippen LogP contribution in [0.1, 0.15) is 12.5 Å². The summed E-state index contributed by atoms with van der Waals surface area (Å²) in [6.07, 6.45) is 0. The number of anilines is 1. The van der Waals surface area contributed by atoms with Crippen molar-refractivity contribution in [2.75, 3.05) is 19.0 Å². The highest BCUT2D eigenvalue weighted by molar-refractivity contribution is 5.55. The third kappa shape index (κ3) is 4.02. The Balaban J connectivity index is 2.10. The van der Waals surface area contributed by atoms with Crippen LogP contribution in [0.2, 0.25) is 0 Å². The van der Waals surface area contributed by atoms with E-state index in [1.807, 2.05) is 19.1 Å². The normalized spacial score (nSPS) is 10.2. The highest BCUT2D eigenvalue weighted by atomic mass is 19.1. The highest BCUT2D eigenvalue weighted by Crippen LogP contribution is 2.30. The number of hydrogen-bond donors (Lipinski definition) is 2. The van der Waals surface area contributed by atoms with Gasteiger partial charge < -0.3 is 19.9 Å². The van der Waals surface area contributed by atoms with Crippen molar-refractivity contribution in [3.63, 3.8) is 0 Å². The van der Waals surface area contributed by atoms with E-state index >= 15 is 0 Å². The van der Waals surface area contributed by atoms with Crippen LogP contribution >= 0.6 is 0 Å². The first-order chi connectivity index (χ1) is 10.1. The number of ether oxygens (including phenoxy) is 2. The van der Waals surface area contributed by atoms with Gasteiger partial charge in [-0.15, -0.1) is 0 Å². The number of phenolic OH excluding ortho intramolecular Hbond substituents is 1. The van der Waals surface area contributed by atoms with E-state index in [-0.39, 0.29) is 5.75 Å². The lowest BCUT2D eigenvalue weighted by molar-refractivity contribution is 0.311. The summed E-state index contributed by atoms with van der Waals surface area (Å²) in [6, 6.07) is 9.44. The zero-order valence-electron chi connectivity index (χ0n) is 12.0. The molecule has 0 saturated heterocycles. The van der Waals surface area contributed by atoms with Gasteiger partial charge in [0.05, 0.1) is 13.7 Å². The molecule has 112 valence electrons. The van der Waals surface area contributed by atoms with Gasteiger partial charge in [0, 0.05) is 24.4 Å². The third-order valence-corrected chi connectivity index (χ3v) is 2.90. The molecule has 0 atom stereocenters. The van der Waals surface area contributed by atoms with E-state index in [1.54, 1.807) is 13.2 Å². The van der Waals surface area contributed by atoms with Crippen LogP contribution in [0, 0.1) is 5.82 Å². The van der Waals surface area contributed by atoms with Gasteiger partial charge in [0.2, 0.25) is 0 Å². The Bertz CT molecular complexity index is 596. The van der Waals surface area contributed by atoms with Crippen LogP contribution in [0.5, 0.6) is 17.2 Å². The van der Waals surface area contributed by atoms with Crippen molar-refractivity contribution in [2.45, 2.75) is 13.5 Å². The Labute approximate surface area is 123 Å². The molecule has 0 aliphatic rings. The molecule has 2 aromatic carbocycles. The van der Waals surface area contributed by atoms with Crippen molar-refractivity contribution >= 4 is 5.69 Å². The molecule has 0 spiro atoms. The summed E-state index contributed by atoms with van der Waals surface area (Å²) in [5, 5.41) is 12.5. The number of rotatable bonds is 6. The molecule has 2 rings (SSSR count). The first-order valence-electron chi connectivity index (χ1n) is 6.65. The Morgan fingerprint density at radius 1 is 1.14 bits per heavy atom. The summed E-state index contributed by atoms with van der Waals surface area (Å²) >= 11 is 0. The predicted molar refractivity (Wildman–Crippen MR) is 79.6 cm³/mol. The van der Waals surface area contributed by atoms with E-state index < -0.39 is 5.82 Å². The van der Waals surface area contributed by atoms with Crippen LogP contribution in [-0.4, -0.2) is 18.8 Å². The van der Waals surface area contributed by atoms with Crippen LogP contribution in [0.25, 0.3) is 0 Å². The number of phenols is 1. The molecule has 2 N–H and O–H groups in total. The molecule has 0 radical (unpaired) electrons. The summed E-state index contributed by atoms with van der Waals surface area (Å²) in [5.41, 5.74) is 1.48. The van der Waals surface area contributed by atoms with Gasteiger partial charge in [-0.05, 0) is 36.8 Å². The zero-order chi connectivity index (χ0) is 15.2. The van der Waals surface area contributed by atoms with E-state index in [9.17, 15) is 9.50 Å². The topological polar surface area (TPSA) is 50.7 Å². The van der Waals surface area contributed by atoms with Gasteiger partial charge in [-0.1, -0.05) is 0 Å². The van der Waals surface area contributed by atoms with Gasteiger partial charge in [0.25, 0.3) is 0 Å². The van der Waals surface area contributed by atoms with Crippen molar-refractivity contribution in [1.82, 2.24) is 0 Å². The van der Waals surface area contributed by atoms with E-state index in [2.05, 4.69) is 5.32 Å². The number of hydrogen-bond acceptors (Lipinski definition) is 4. The van der Waals surface area contributed by atoms with Crippen molar-refractivity contribution in [3.8, 4) is 17.2 Å². The van der Waals surface area contributed by atoms with Crippen LogP contribution in [0.3, 0.4) is 0 Å². The smallest absolute Gasteiger partial charge is 0.163 e. The second kappa shape index (κ2) is 6.83. The molecule has 2 aromatic rings. The number of halogens is 1. The summed E-state index contributed by atoms with van der Waals surface area (Å²) in [6.45, 7) is 2.83. The largest absolute Gasteiger partial charge is 0.508 e. The maximum Gasteiger partial charge on any atom is 0.163 e. The number of benzene rings is 2. The monoisotopic (exact) mass is 291 g/mol. The number of nitrogens with one attached hydrogen (secondary N) is 1. The molecule has 0 aliphatic carbocycles. The Morgan fingerprint density at radius 3 is 2.62 bits per heavy atom. The Morgan fingerprint density at radius 2 is 1.95 bits per heavy atom. The summed E-state index contributed by atoms with van der Waals surface area (Å²) in [7, 11) is 1.58. The van der Waals surface area contributed by atoms with Crippen molar-refractivity contribution in [2.24, 2.45) is 0 Å². The lowest BCUT2D eigenvalue weighted by Gasteiger charge is -2.12. The van der Waals surface area contributed by atoms with Crippen LogP contribution in [0.15, 0.2) is 36.4 Å². The van der Waals surface area contributed by atoms with E-state index in [0.29, 0.717) is 30.2 Å². The van der Waals surface area contributed by atoms with Crippen molar-refractivity contribution in [3.05, 3.63) is 47.8 Å². The molecule has 4 nitrogen and oxygen atoms in total. The SMILES string of the molecule is CCOc1cc(NCc2cc(O)cc(F)c2)ccc1OC. The molecule has 0 fully saturated rings. The maximum absolute atomic E-state index is 13.2. The minimum atomic E-state index is -0.462. The minimum absolute atomic E-state index is 0.0865. The van der Waals surface area contributed by atoms with E-state index in [4.69, 9.17) is 9.47 Å². The van der Waals surface area contributed by atoms with Gasteiger partial charge in [0.1, 0.15) is 11.6 Å². The molecule has 0 amide bonds. The maximum atomic E-state index is 13.2. The second-order valence-electron chi connectivity index (χ2n) is 4.47. The quantitative estimate of drug-likeness (QED) is 0.854. The molecule has 0 unspecified atom stereocenters. The molecule has 0 aliphatic heterocycles. The number of methoxy groups -OCH3 is 1. The van der Waals surface area contributed by atoms with Gasteiger partial charge in [-0.2, -0.15) is 0 Å². The first-order valence-corrected chi connectivity index (χ1v) is 6.65. The van der Waals surface area contributed by atoms with Gasteiger partial charge in [-0.25, -0.2) is 4.39 Å². The van der Waals surface area contributed by atoms with Gasteiger partial charge in [0.15, 0.2) is 11.5 Å².